The van der Waals surface area contributed by atoms with E-state index in [9.17, 15) is 0 Å². The van der Waals surface area contributed by atoms with E-state index in [-0.39, 0.29) is 0 Å². The minimum absolute atomic E-state index is 1.32. The van der Waals surface area contributed by atoms with Gasteiger partial charge in [0.2, 0.25) is 0 Å². The summed E-state index contributed by atoms with van der Waals surface area (Å²) in [6.07, 6.45) is 5.65. The quantitative estimate of drug-likeness (QED) is 0.562. The summed E-state index contributed by atoms with van der Waals surface area (Å²) < 4.78 is 5.62. The minimum atomic E-state index is -1.48. The predicted octanol–water partition coefficient (Wildman–Crippen LogP) is 1.47. The van der Waals surface area contributed by atoms with Gasteiger partial charge in [-0.05, 0) is 0 Å². The van der Waals surface area contributed by atoms with Crippen molar-refractivity contribution < 1.29 is 0 Å². The summed E-state index contributed by atoms with van der Waals surface area (Å²) in [5.41, 5.74) is 0. The number of hydrogen-bond donors (Lipinski definition) is 0. The molecule has 1 heteroatoms. The molecule has 0 fully saturated rings. The van der Waals surface area contributed by atoms with Gasteiger partial charge in [0.05, 0.1) is 0 Å². The first-order chi connectivity index (χ1) is 7.42. The standard InChI is InChI=1S/C14H11As/c1-2-15(13-9-5-3-6-10-13)14-11-7-4-8-12-14/h1,3-12H. The maximum absolute atomic E-state index is 5.65. The fraction of sp³-hybridized carbons (Fsp3) is 0. The van der Waals surface area contributed by atoms with E-state index in [0.29, 0.717) is 0 Å². The van der Waals surface area contributed by atoms with Crippen LogP contribution in [0.2, 0.25) is 0 Å². The van der Waals surface area contributed by atoms with Crippen molar-refractivity contribution in [1.29, 1.82) is 0 Å². The third kappa shape index (κ3) is 2.32. The molecule has 0 unspecified atom stereocenters. The van der Waals surface area contributed by atoms with Crippen LogP contribution in [-0.2, 0) is 0 Å². The fourth-order valence-corrected chi connectivity index (χ4v) is 4.68. The first-order valence-corrected chi connectivity index (χ1v) is 7.60. The zero-order valence-corrected chi connectivity index (χ0v) is 10.2. The van der Waals surface area contributed by atoms with Crippen molar-refractivity contribution >= 4 is 23.4 Å². The van der Waals surface area contributed by atoms with E-state index in [2.05, 4.69) is 53.2 Å². The molecule has 0 bridgehead atoms. The normalized spacial score (nSPS) is 9.87. The van der Waals surface area contributed by atoms with Crippen LogP contribution in [0.5, 0.6) is 0 Å². The van der Waals surface area contributed by atoms with Crippen molar-refractivity contribution in [3.05, 3.63) is 60.7 Å². The summed E-state index contributed by atoms with van der Waals surface area (Å²) in [5, 5.41) is 0. The van der Waals surface area contributed by atoms with Gasteiger partial charge in [-0.1, -0.05) is 0 Å². The topological polar surface area (TPSA) is 0 Å². The Balaban J connectivity index is 2.39. The van der Waals surface area contributed by atoms with Gasteiger partial charge in [0.15, 0.2) is 0 Å². The molecular formula is C14H11As. The van der Waals surface area contributed by atoms with E-state index in [1.165, 1.54) is 8.70 Å². The molecule has 0 aromatic heterocycles. The van der Waals surface area contributed by atoms with Crippen molar-refractivity contribution in [1.82, 2.24) is 0 Å². The van der Waals surface area contributed by atoms with Crippen LogP contribution in [-0.4, -0.2) is 14.7 Å². The number of hydrogen-bond acceptors (Lipinski definition) is 0. The van der Waals surface area contributed by atoms with E-state index >= 15 is 0 Å². The van der Waals surface area contributed by atoms with E-state index < -0.39 is 14.7 Å². The second kappa shape index (κ2) is 4.87. The van der Waals surface area contributed by atoms with Gasteiger partial charge in [-0.25, -0.2) is 0 Å². The molecular weight excluding hydrogens is 243 g/mol. The van der Waals surface area contributed by atoms with Crippen LogP contribution in [0.1, 0.15) is 0 Å². The van der Waals surface area contributed by atoms with Crippen molar-refractivity contribution in [2.45, 2.75) is 0 Å². The third-order valence-corrected chi connectivity index (χ3v) is 6.12. The molecule has 72 valence electrons. The Kier molecular flexibility index (Phi) is 3.28. The van der Waals surface area contributed by atoms with Gasteiger partial charge in [0.1, 0.15) is 0 Å². The van der Waals surface area contributed by atoms with Crippen molar-refractivity contribution in [3.8, 4) is 11.1 Å². The van der Waals surface area contributed by atoms with Gasteiger partial charge in [0, 0.05) is 0 Å². The molecule has 0 atom stereocenters. The molecule has 0 nitrogen and oxygen atoms in total. The molecule has 2 aromatic rings. The van der Waals surface area contributed by atoms with Crippen molar-refractivity contribution in [2.75, 3.05) is 0 Å². The SMILES string of the molecule is C#C[As](c1ccccc1)c1ccccc1. The van der Waals surface area contributed by atoms with Gasteiger partial charge in [0.25, 0.3) is 0 Å². The third-order valence-electron chi connectivity index (χ3n) is 2.16. The van der Waals surface area contributed by atoms with Crippen molar-refractivity contribution in [3.63, 3.8) is 0 Å². The zero-order valence-electron chi connectivity index (χ0n) is 8.30. The van der Waals surface area contributed by atoms with Gasteiger partial charge in [-0.3, -0.25) is 0 Å². The number of terminal acetylenes is 1. The van der Waals surface area contributed by atoms with Gasteiger partial charge < -0.3 is 0 Å². The molecule has 0 aliphatic rings. The molecule has 0 amide bonds. The molecule has 0 aliphatic carbocycles. The number of rotatable bonds is 2. The Morgan fingerprint density at radius 2 is 1.13 bits per heavy atom. The van der Waals surface area contributed by atoms with Crippen LogP contribution in [0.3, 0.4) is 0 Å². The molecule has 2 aromatic carbocycles. The van der Waals surface area contributed by atoms with Gasteiger partial charge in [-0.2, -0.15) is 0 Å². The molecule has 0 aliphatic heterocycles. The van der Waals surface area contributed by atoms with Crippen LogP contribution in [0.15, 0.2) is 60.7 Å². The van der Waals surface area contributed by atoms with E-state index in [4.69, 9.17) is 6.42 Å². The molecule has 2 rings (SSSR count). The second-order valence-electron chi connectivity index (χ2n) is 3.14. The number of benzene rings is 2. The van der Waals surface area contributed by atoms with Gasteiger partial charge in [-0.15, -0.1) is 0 Å². The maximum atomic E-state index is 5.65. The zero-order chi connectivity index (χ0) is 10.5. The van der Waals surface area contributed by atoms with Crippen LogP contribution in [0.4, 0.5) is 0 Å². The van der Waals surface area contributed by atoms with Crippen LogP contribution in [0, 0.1) is 11.1 Å². The van der Waals surface area contributed by atoms with Crippen LogP contribution < -0.4 is 8.70 Å². The molecule has 0 saturated carbocycles. The molecule has 15 heavy (non-hydrogen) atoms. The summed E-state index contributed by atoms with van der Waals surface area (Å²) in [5.74, 6) is 0. The molecule has 0 heterocycles. The Labute approximate surface area is 95.2 Å². The van der Waals surface area contributed by atoms with Crippen LogP contribution >= 0.6 is 0 Å². The Bertz CT molecular complexity index is 414. The Morgan fingerprint density at radius 3 is 1.47 bits per heavy atom. The average Bonchev–Trinajstić information content (AvgIpc) is 2.33. The van der Waals surface area contributed by atoms with E-state index in [1.54, 1.807) is 0 Å². The predicted molar refractivity (Wildman–Crippen MR) is 66.7 cm³/mol. The monoisotopic (exact) mass is 254 g/mol. The molecule has 0 radical (unpaired) electrons. The average molecular weight is 254 g/mol. The Morgan fingerprint density at radius 1 is 0.733 bits per heavy atom. The first-order valence-electron chi connectivity index (χ1n) is 4.78. The second-order valence-corrected chi connectivity index (χ2v) is 7.25. The van der Waals surface area contributed by atoms with E-state index in [0.717, 1.165) is 0 Å². The fourth-order valence-electron chi connectivity index (χ4n) is 1.45. The summed E-state index contributed by atoms with van der Waals surface area (Å²) in [4.78, 5) is 0. The molecule has 0 saturated heterocycles. The summed E-state index contributed by atoms with van der Waals surface area (Å²) in [7, 11) is 0. The Hall–Kier alpha value is -1.44. The first kappa shape index (κ1) is 10.1. The summed E-state index contributed by atoms with van der Waals surface area (Å²) in [6, 6.07) is 20.8. The van der Waals surface area contributed by atoms with Crippen LogP contribution in [0.25, 0.3) is 0 Å². The molecule has 0 N–H and O–H groups in total. The molecule has 0 spiro atoms. The van der Waals surface area contributed by atoms with E-state index in [1.807, 2.05) is 12.1 Å². The van der Waals surface area contributed by atoms with Crippen molar-refractivity contribution in [2.24, 2.45) is 0 Å². The van der Waals surface area contributed by atoms with Gasteiger partial charge >= 0.3 is 95.1 Å². The summed E-state index contributed by atoms with van der Waals surface area (Å²) >= 11 is -1.48. The summed E-state index contributed by atoms with van der Waals surface area (Å²) in [6.45, 7) is 0.